The highest BCUT2D eigenvalue weighted by Crippen LogP contribution is 2.19. The van der Waals surface area contributed by atoms with Crippen LogP contribution < -0.4 is 5.32 Å². The predicted molar refractivity (Wildman–Crippen MR) is 97.8 cm³/mol. The lowest BCUT2D eigenvalue weighted by Crippen LogP contribution is -2.24. The molecule has 7 heteroatoms. The second-order valence-corrected chi connectivity index (χ2v) is 6.21. The summed E-state index contributed by atoms with van der Waals surface area (Å²) in [6.45, 7) is 2.04. The molecule has 4 rings (SSSR count). The Bertz CT molecular complexity index is 1120. The van der Waals surface area contributed by atoms with Crippen LogP contribution in [0.15, 0.2) is 59.4 Å². The van der Waals surface area contributed by atoms with Gasteiger partial charge in [-0.05, 0) is 36.8 Å². The fourth-order valence-corrected chi connectivity index (χ4v) is 2.97. The Labute approximate surface area is 154 Å². The van der Waals surface area contributed by atoms with Crippen LogP contribution in [0.2, 0.25) is 0 Å². The van der Waals surface area contributed by atoms with E-state index in [1.54, 1.807) is 42.1 Å². The third-order valence-corrected chi connectivity index (χ3v) is 4.37. The van der Waals surface area contributed by atoms with Gasteiger partial charge in [-0.3, -0.25) is 4.79 Å². The monoisotopic (exact) mass is 364 g/mol. The zero-order valence-electron chi connectivity index (χ0n) is 14.6. The second kappa shape index (κ2) is 7.03. The van der Waals surface area contributed by atoms with Crippen LogP contribution in [0.25, 0.3) is 16.7 Å². The van der Waals surface area contributed by atoms with E-state index < -0.39 is 0 Å². The van der Waals surface area contributed by atoms with Crippen molar-refractivity contribution in [3.8, 4) is 5.69 Å². The van der Waals surface area contributed by atoms with E-state index in [1.807, 2.05) is 18.2 Å². The lowest BCUT2D eigenvalue weighted by molar-refractivity contribution is -0.120. The number of carbonyl (C=O) groups excluding carboxylic acids is 1. The number of amides is 1. The van der Waals surface area contributed by atoms with E-state index in [0.29, 0.717) is 28.4 Å². The summed E-state index contributed by atoms with van der Waals surface area (Å²) in [5.74, 6) is 0.129. The summed E-state index contributed by atoms with van der Waals surface area (Å²) >= 11 is 0. The highest BCUT2D eigenvalue weighted by Gasteiger charge is 2.13. The second-order valence-electron chi connectivity index (χ2n) is 6.21. The summed E-state index contributed by atoms with van der Waals surface area (Å²) in [7, 11) is 0. The minimum absolute atomic E-state index is 0.103. The number of halogens is 1. The average molecular weight is 364 g/mol. The molecule has 0 aliphatic carbocycles. The molecule has 0 bridgehead atoms. The van der Waals surface area contributed by atoms with Gasteiger partial charge >= 0.3 is 0 Å². The highest BCUT2D eigenvalue weighted by molar-refractivity contribution is 5.86. The van der Waals surface area contributed by atoms with Gasteiger partial charge in [0.1, 0.15) is 17.3 Å². The van der Waals surface area contributed by atoms with Crippen LogP contribution in [0.4, 0.5) is 4.39 Å². The molecule has 0 aliphatic rings. The molecule has 1 N–H and O–H groups in total. The van der Waals surface area contributed by atoms with E-state index in [0.717, 1.165) is 5.39 Å². The molecule has 2 aromatic heterocycles. The SMILES string of the molecule is Cc1nccn1-c1ccc(CNC(=O)Cc2noc3ccccc23)cc1F. The molecular formula is C20H17FN4O2. The summed E-state index contributed by atoms with van der Waals surface area (Å²) in [5.41, 5.74) is 2.33. The Morgan fingerprint density at radius 2 is 2.11 bits per heavy atom. The Balaban J connectivity index is 1.42. The van der Waals surface area contributed by atoms with Crippen LogP contribution in [-0.2, 0) is 17.8 Å². The predicted octanol–water partition coefficient (Wildman–Crippen LogP) is 3.32. The van der Waals surface area contributed by atoms with Gasteiger partial charge < -0.3 is 14.4 Å². The first-order chi connectivity index (χ1) is 13.1. The zero-order chi connectivity index (χ0) is 18.8. The zero-order valence-corrected chi connectivity index (χ0v) is 14.6. The maximum Gasteiger partial charge on any atom is 0.226 e. The minimum Gasteiger partial charge on any atom is -0.356 e. The topological polar surface area (TPSA) is 73.0 Å². The Kier molecular flexibility index (Phi) is 4.42. The molecular weight excluding hydrogens is 347 g/mol. The van der Waals surface area contributed by atoms with Gasteiger partial charge in [-0.15, -0.1) is 0 Å². The number of benzene rings is 2. The Morgan fingerprint density at radius 3 is 2.89 bits per heavy atom. The normalized spacial score (nSPS) is 11.0. The van der Waals surface area contributed by atoms with Crippen molar-refractivity contribution in [3.63, 3.8) is 0 Å². The molecule has 0 unspecified atom stereocenters. The molecule has 6 nitrogen and oxygen atoms in total. The van der Waals surface area contributed by atoms with Crippen LogP contribution >= 0.6 is 0 Å². The number of aryl methyl sites for hydroxylation is 1. The van der Waals surface area contributed by atoms with E-state index in [1.165, 1.54) is 6.07 Å². The van der Waals surface area contributed by atoms with Crippen LogP contribution in [0.3, 0.4) is 0 Å². The Morgan fingerprint density at radius 1 is 1.26 bits per heavy atom. The first kappa shape index (κ1) is 17.0. The molecule has 0 saturated carbocycles. The Hall–Kier alpha value is -3.48. The number of hydrogen-bond donors (Lipinski definition) is 1. The number of aromatic nitrogens is 3. The lowest BCUT2D eigenvalue weighted by atomic mass is 10.1. The fraction of sp³-hybridized carbons (Fsp3) is 0.150. The number of imidazole rings is 1. The number of para-hydroxylation sites is 1. The van der Waals surface area contributed by atoms with Crippen molar-refractivity contribution in [2.45, 2.75) is 19.9 Å². The minimum atomic E-state index is -0.370. The average Bonchev–Trinajstić information content (AvgIpc) is 3.27. The van der Waals surface area contributed by atoms with Crippen molar-refractivity contribution < 1.29 is 13.7 Å². The van der Waals surface area contributed by atoms with Gasteiger partial charge in [-0.25, -0.2) is 9.37 Å². The van der Waals surface area contributed by atoms with Crippen LogP contribution in [0.5, 0.6) is 0 Å². The molecule has 2 heterocycles. The molecule has 27 heavy (non-hydrogen) atoms. The first-order valence-electron chi connectivity index (χ1n) is 8.50. The summed E-state index contributed by atoms with van der Waals surface area (Å²) in [6, 6.07) is 12.3. The summed E-state index contributed by atoms with van der Waals surface area (Å²) < 4.78 is 21.3. The quantitative estimate of drug-likeness (QED) is 0.590. The number of fused-ring (bicyclic) bond motifs is 1. The maximum absolute atomic E-state index is 14.4. The number of rotatable bonds is 5. The summed E-state index contributed by atoms with van der Waals surface area (Å²) in [4.78, 5) is 16.3. The van der Waals surface area contributed by atoms with Crippen LogP contribution in [0, 0.1) is 12.7 Å². The van der Waals surface area contributed by atoms with Crippen molar-refractivity contribution in [2.24, 2.45) is 0 Å². The maximum atomic E-state index is 14.4. The molecule has 0 radical (unpaired) electrons. The number of hydrogen-bond acceptors (Lipinski definition) is 4. The summed E-state index contributed by atoms with van der Waals surface area (Å²) in [6.07, 6.45) is 3.43. The standard InChI is InChI=1S/C20H17FN4O2/c1-13-22-8-9-25(13)18-7-6-14(10-16(18)21)12-23-20(26)11-17-15-4-2-3-5-19(15)27-24-17/h2-10H,11-12H2,1H3,(H,23,26). The van der Waals surface area contributed by atoms with Crippen LogP contribution in [0.1, 0.15) is 17.1 Å². The number of nitrogens with zero attached hydrogens (tertiary/aromatic N) is 3. The van der Waals surface area contributed by atoms with E-state index in [9.17, 15) is 9.18 Å². The van der Waals surface area contributed by atoms with Gasteiger partial charge in [0.25, 0.3) is 0 Å². The molecule has 136 valence electrons. The third kappa shape index (κ3) is 3.44. The van der Waals surface area contributed by atoms with Gasteiger partial charge in [0.15, 0.2) is 5.58 Å². The third-order valence-electron chi connectivity index (χ3n) is 4.37. The van der Waals surface area contributed by atoms with Gasteiger partial charge in [0.05, 0.1) is 12.1 Å². The lowest BCUT2D eigenvalue weighted by Gasteiger charge is -2.09. The fourth-order valence-electron chi connectivity index (χ4n) is 2.97. The van der Waals surface area contributed by atoms with E-state index in [-0.39, 0.29) is 24.7 Å². The first-order valence-corrected chi connectivity index (χ1v) is 8.50. The number of nitrogens with one attached hydrogen (secondary N) is 1. The number of carbonyl (C=O) groups is 1. The van der Waals surface area contributed by atoms with Gasteiger partial charge in [-0.2, -0.15) is 0 Å². The van der Waals surface area contributed by atoms with Gasteiger partial charge in [-0.1, -0.05) is 23.4 Å². The molecule has 2 aromatic carbocycles. The molecule has 0 aliphatic heterocycles. The highest BCUT2D eigenvalue weighted by atomic mass is 19.1. The molecule has 0 atom stereocenters. The van der Waals surface area contributed by atoms with Crippen molar-refractivity contribution in [2.75, 3.05) is 0 Å². The van der Waals surface area contributed by atoms with Gasteiger partial charge in [0.2, 0.25) is 5.91 Å². The largest absolute Gasteiger partial charge is 0.356 e. The molecule has 4 aromatic rings. The van der Waals surface area contributed by atoms with Crippen LogP contribution in [-0.4, -0.2) is 20.6 Å². The molecule has 0 saturated heterocycles. The summed E-state index contributed by atoms with van der Waals surface area (Å²) in [5, 5.41) is 7.55. The van der Waals surface area contributed by atoms with Crippen molar-refractivity contribution >= 4 is 16.9 Å². The molecule has 0 fully saturated rings. The smallest absolute Gasteiger partial charge is 0.226 e. The molecule has 0 spiro atoms. The van der Waals surface area contributed by atoms with Crippen molar-refractivity contribution in [1.82, 2.24) is 20.0 Å². The van der Waals surface area contributed by atoms with E-state index >= 15 is 0 Å². The van der Waals surface area contributed by atoms with E-state index in [4.69, 9.17) is 4.52 Å². The van der Waals surface area contributed by atoms with Crippen molar-refractivity contribution in [1.29, 1.82) is 0 Å². The molecule has 1 amide bonds. The van der Waals surface area contributed by atoms with Crippen molar-refractivity contribution in [3.05, 3.63) is 77.8 Å². The van der Waals surface area contributed by atoms with Gasteiger partial charge in [0, 0.05) is 24.3 Å². The van der Waals surface area contributed by atoms with E-state index in [2.05, 4.69) is 15.5 Å².